The normalized spacial score (nSPS) is 12.4. The first kappa shape index (κ1) is 20.7. The zero-order chi connectivity index (χ0) is 15.9. The van der Waals surface area contributed by atoms with E-state index in [1.165, 1.54) is 12.1 Å². The number of hydrogen-bond acceptors (Lipinski definition) is 2. The second-order valence-electron chi connectivity index (χ2n) is 5.04. The van der Waals surface area contributed by atoms with Crippen molar-refractivity contribution in [2.75, 3.05) is 13.1 Å². The zero-order valence-corrected chi connectivity index (χ0v) is 13.3. The summed E-state index contributed by atoms with van der Waals surface area (Å²) in [6.45, 7) is 2.69. The predicted molar refractivity (Wildman–Crippen MR) is 83.0 cm³/mol. The zero-order valence-electron chi connectivity index (χ0n) is 12.5. The van der Waals surface area contributed by atoms with Crippen LogP contribution in [0.5, 0.6) is 0 Å². The molecule has 0 saturated heterocycles. The van der Waals surface area contributed by atoms with Crippen molar-refractivity contribution in [1.82, 2.24) is 5.32 Å². The number of carbonyl (C=O) groups excluding carboxylic acids is 1. The molecule has 0 aliphatic carbocycles. The van der Waals surface area contributed by atoms with Crippen LogP contribution in [0, 0.1) is 0 Å². The number of halogens is 4. The smallest absolute Gasteiger partial charge is 0.356 e. The van der Waals surface area contributed by atoms with E-state index in [1.807, 2.05) is 0 Å². The molecule has 0 aromatic heterocycles. The van der Waals surface area contributed by atoms with E-state index >= 15 is 0 Å². The topological polar surface area (TPSA) is 55.1 Å². The Morgan fingerprint density at radius 3 is 2.50 bits per heavy atom. The molecule has 7 heteroatoms. The Labute approximate surface area is 134 Å². The largest absolute Gasteiger partial charge is 0.416 e. The summed E-state index contributed by atoms with van der Waals surface area (Å²) in [5, 5.41) is 2.70. The first-order chi connectivity index (χ1) is 9.86. The van der Waals surface area contributed by atoms with E-state index in [2.05, 4.69) is 5.32 Å². The van der Waals surface area contributed by atoms with Crippen molar-refractivity contribution in [3.8, 4) is 0 Å². The van der Waals surface area contributed by atoms with Crippen molar-refractivity contribution in [2.24, 2.45) is 5.73 Å². The van der Waals surface area contributed by atoms with Crippen molar-refractivity contribution in [3.63, 3.8) is 0 Å². The Kier molecular flexibility index (Phi) is 9.13. The summed E-state index contributed by atoms with van der Waals surface area (Å²) in [4.78, 5) is 11.7. The fourth-order valence-electron chi connectivity index (χ4n) is 2.14. The van der Waals surface area contributed by atoms with Gasteiger partial charge in [0.1, 0.15) is 0 Å². The molecule has 1 aromatic carbocycles. The summed E-state index contributed by atoms with van der Waals surface area (Å²) in [7, 11) is 0. The fraction of sp³-hybridized carbons (Fsp3) is 0.533. The minimum atomic E-state index is -4.40. The molecule has 0 fully saturated rings. The van der Waals surface area contributed by atoms with Gasteiger partial charge in [-0.3, -0.25) is 4.79 Å². The monoisotopic (exact) mass is 338 g/mol. The molecule has 1 aromatic rings. The molecule has 1 atom stereocenters. The molecule has 3 nitrogen and oxygen atoms in total. The van der Waals surface area contributed by atoms with E-state index in [4.69, 9.17) is 5.73 Å². The summed E-state index contributed by atoms with van der Waals surface area (Å²) < 4.78 is 38.8. The van der Waals surface area contributed by atoms with E-state index < -0.39 is 17.7 Å². The van der Waals surface area contributed by atoms with Crippen molar-refractivity contribution in [1.29, 1.82) is 0 Å². The molecule has 22 heavy (non-hydrogen) atoms. The highest BCUT2D eigenvalue weighted by Crippen LogP contribution is 2.35. The van der Waals surface area contributed by atoms with Gasteiger partial charge in [-0.05, 0) is 36.9 Å². The van der Waals surface area contributed by atoms with Gasteiger partial charge in [-0.25, -0.2) is 0 Å². The van der Waals surface area contributed by atoms with Crippen molar-refractivity contribution in [3.05, 3.63) is 35.4 Å². The molecule has 0 aliphatic heterocycles. The van der Waals surface area contributed by atoms with Gasteiger partial charge in [0, 0.05) is 13.0 Å². The van der Waals surface area contributed by atoms with Crippen LogP contribution in [0.2, 0.25) is 0 Å². The van der Waals surface area contributed by atoms with Gasteiger partial charge in [0.05, 0.1) is 5.56 Å². The fourth-order valence-corrected chi connectivity index (χ4v) is 2.14. The Morgan fingerprint density at radius 2 is 1.91 bits per heavy atom. The molecule has 0 saturated carbocycles. The van der Waals surface area contributed by atoms with Crippen LogP contribution in [-0.2, 0) is 11.0 Å². The second-order valence-corrected chi connectivity index (χ2v) is 5.04. The number of rotatable bonds is 7. The van der Waals surface area contributed by atoms with Crippen LogP contribution >= 0.6 is 12.4 Å². The van der Waals surface area contributed by atoms with Gasteiger partial charge in [-0.15, -0.1) is 12.4 Å². The summed E-state index contributed by atoms with van der Waals surface area (Å²) in [6, 6.07) is 5.38. The molecule has 126 valence electrons. The van der Waals surface area contributed by atoms with Crippen LogP contribution in [0.1, 0.15) is 43.2 Å². The van der Waals surface area contributed by atoms with Crippen molar-refractivity contribution in [2.45, 2.75) is 38.3 Å². The Hall–Kier alpha value is -1.27. The van der Waals surface area contributed by atoms with Crippen LogP contribution in [0.15, 0.2) is 24.3 Å². The third kappa shape index (κ3) is 6.66. The van der Waals surface area contributed by atoms with Gasteiger partial charge >= 0.3 is 6.18 Å². The Balaban J connectivity index is 0.00000441. The summed E-state index contributed by atoms with van der Waals surface area (Å²) in [6.07, 6.45) is -2.78. The molecule has 0 spiro atoms. The van der Waals surface area contributed by atoms with Gasteiger partial charge in [0.25, 0.3) is 0 Å². The van der Waals surface area contributed by atoms with Gasteiger partial charge in [0.15, 0.2) is 0 Å². The number of nitrogens with one attached hydrogen (secondary N) is 1. The lowest BCUT2D eigenvalue weighted by Crippen LogP contribution is -2.26. The quantitative estimate of drug-likeness (QED) is 0.748. The maximum Gasteiger partial charge on any atom is 0.416 e. The average Bonchev–Trinajstić information content (AvgIpc) is 2.42. The molecule has 0 heterocycles. The summed E-state index contributed by atoms with van der Waals surface area (Å²) in [5.41, 5.74) is 4.82. The Morgan fingerprint density at radius 1 is 1.27 bits per heavy atom. The number of unbranched alkanes of at least 4 members (excludes halogenated alkanes) is 1. The first-order valence-corrected chi connectivity index (χ1v) is 6.99. The van der Waals surface area contributed by atoms with Gasteiger partial charge in [0.2, 0.25) is 5.91 Å². The number of nitrogens with two attached hydrogens (primary N) is 1. The van der Waals surface area contributed by atoms with Crippen LogP contribution in [0.4, 0.5) is 13.2 Å². The SMILES string of the molecule is CC(CC(=O)NCCCCN)c1ccccc1C(F)(F)F.Cl. The molecule has 3 N–H and O–H groups in total. The lowest BCUT2D eigenvalue weighted by molar-refractivity contribution is -0.138. The predicted octanol–water partition coefficient (Wildman–Crippen LogP) is 3.48. The number of hydrogen-bond donors (Lipinski definition) is 2. The van der Waals surface area contributed by atoms with Crippen LogP contribution in [-0.4, -0.2) is 19.0 Å². The maximum absolute atomic E-state index is 12.9. The van der Waals surface area contributed by atoms with E-state index in [0.717, 1.165) is 18.9 Å². The van der Waals surface area contributed by atoms with Gasteiger partial charge < -0.3 is 11.1 Å². The highest BCUT2D eigenvalue weighted by Gasteiger charge is 2.34. The summed E-state index contributed by atoms with van der Waals surface area (Å²) >= 11 is 0. The van der Waals surface area contributed by atoms with E-state index in [-0.39, 0.29) is 30.3 Å². The first-order valence-electron chi connectivity index (χ1n) is 6.99. The number of amides is 1. The van der Waals surface area contributed by atoms with Crippen molar-refractivity contribution < 1.29 is 18.0 Å². The molecule has 1 unspecified atom stereocenters. The molecule has 1 amide bonds. The van der Waals surface area contributed by atoms with Crippen molar-refractivity contribution >= 4 is 18.3 Å². The molecular weight excluding hydrogens is 317 g/mol. The Bertz CT molecular complexity index is 466. The van der Waals surface area contributed by atoms with E-state index in [9.17, 15) is 18.0 Å². The average molecular weight is 339 g/mol. The molecule has 0 radical (unpaired) electrons. The van der Waals surface area contributed by atoms with Gasteiger partial charge in [-0.2, -0.15) is 13.2 Å². The molecule has 0 bridgehead atoms. The second kappa shape index (κ2) is 9.69. The van der Waals surface area contributed by atoms with Crippen LogP contribution in [0.25, 0.3) is 0 Å². The number of carbonyl (C=O) groups is 1. The lowest BCUT2D eigenvalue weighted by atomic mass is 9.92. The van der Waals surface area contributed by atoms with E-state index in [1.54, 1.807) is 13.0 Å². The third-order valence-electron chi connectivity index (χ3n) is 3.24. The maximum atomic E-state index is 12.9. The summed E-state index contributed by atoms with van der Waals surface area (Å²) in [5.74, 6) is -0.728. The standard InChI is InChI=1S/C15H21F3N2O.ClH/c1-11(10-14(21)20-9-5-4-8-19)12-6-2-3-7-13(12)15(16,17)18;/h2-3,6-7,11H,4-5,8-10,19H2,1H3,(H,20,21);1H. The number of benzene rings is 1. The van der Waals surface area contributed by atoms with Crippen LogP contribution < -0.4 is 11.1 Å². The minimum Gasteiger partial charge on any atom is -0.356 e. The lowest BCUT2D eigenvalue weighted by Gasteiger charge is -2.18. The van der Waals surface area contributed by atoms with Crippen LogP contribution in [0.3, 0.4) is 0 Å². The van der Waals surface area contributed by atoms with E-state index in [0.29, 0.717) is 13.1 Å². The minimum absolute atomic E-state index is 0. The van der Waals surface area contributed by atoms with Gasteiger partial charge in [-0.1, -0.05) is 25.1 Å². The molecular formula is C15H22ClF3N2O. The highest BCUT2D eigenvalue weighted by molar-refractivity contribution is 5.85. The third-order valence-corrected chi connectivity index (χ3v) is 3.24. The highest BCUT2D eigenvalue weighted by atomic mass is 35.5. The number of alkyl halides is 3. The molecule has 1 rings (SSSR count). The molecule has 0 aliphatic rings.